The van der Waals surface area contributed by atoms with E-state index in [1.54, 1.807) is 18.2 Å². The highest BCUT2D eigenvalue weighted by atomic mass is 16.6. The van der Waals surface area contributed by atoms with Crippen molar-refractivity contribution in [3.05, 3.63) is 82.1 Å². The summed E-state index contributed by atoms with van der Waals surface area (Å²) in [6.07, 6.45) is 1.18. The van der Waals surface area contributed by atoms with Gasteiger partial charge in [-0.15, -0.1) is 0 Å². The molecule has 3 aromatic rings. The number of rotatable bonds is 6. The van der Waals surface area contributed by atoms with Crippen molar-refractivity contribution >= 4 is 35.3 Å². The molecule has 0 unspecified atom stereocenters. The highest BCUT2D eigenvalue weighted by molar-refractivity contribution is 6.39. The van der Waals surface area contributed by atoms with Gasteiger partial charge in [-0.2, -0.15) is 0 Å². The van der Waals surface area contributed by atoms with E-state index in [1.165, 1.54) is 48.5 Å². The number of carbonyl (C=O) groups excluding carboxylic acids is 3. The molecule has 1 aliphatic heterocycles. The van der Waals surface area contributed by atoms with E-state index in [-0.39, 0.29) is 34.0 Å². The molecule has 1 fully saturated rings. The van der Waals surface area contributed by atoms with Crippen molar-refractivity contribution in [3.8, 4) is 17.1 Å². The fourth-order valence-corrected chi connectivity index (χ4v) is 3.31. The number of nitro benzene ring substituents is 1. The smallest absolute Gasteiger partial charge is 0.335 e. The van der Waals surface area contributed by atoms with Gasteiger partial charge in [0.1, 0.15) is 22.8 Å². The number of anilines is 1. The summed E-state index contributed by atoms with van der Waals surface area (Å²) < 4.78 is 11.0. The zero-order valence-corrected chi connectivity index (χ0v) is 17.3. The fourth-order valence-electron chi connectivity index (χ4n) is 3.31. The van der Waals surface area contributed by atoms with Gasteiger partial charge in [-0.1, -0.05) is 12.1 Å². The Morgan fingerprint density at radius 2 is 1.79 bits per heavy atom. The number of nitro groups is 1. The topological polar surface area (TPSA) is 132 Å². The molecule has 4 amide bonds. The van der Waals surface area contributed by atoms with Crippen LogP contribution in [0.15, 0.2) is 70.7 Å². The molecule has 2 aromatic carbocycles. The number of benzene rings is 2. The SMILES string of the molecule is CCOc1ccc(N2C(=O)NC(=O)/C(=C\c3ccc(-c4ccccc4[N+](=O)[O-])o3)C2=O)cc1. The molecule has 4 rings (SSSR count). The number of hydrogen-bond donors (Lipinski definition) is 1. The number of nitrogens with one attached hydrogen (secondary N) is 1. The van der Waals surface area contributed by atoms with E-state index >= 15 is 0 Å². The van der Waals surface area contributed by atoms with Crippen LogP contribution in [0.25, 0.3) is 17.4 Å². The van der Waals surface area contributed by atoms with Gasteiger partial charge in [-0.3, -0.25) is 25.0 Å². The van der Waals surface area contributed by atoms with Crippen molar-refractivity contribution < 1.29 is 28.5 Å². The largest absolute Gasteiger partial charge is 0.494 e. The lowest BCUT2D eigenvalue weighted by molar-refractivity contribution is -0.384. The van der Waals surface area contributed by atoms with Crippen LogP contribution in [0.3, 0.4) is 0 Å². The number of imide groups is 2. The van der Waals surface area contributed by atoms with E-state index < -0.39 is 22.8 Å². The Balaban J connectivity index is 1.65. The van der Waals surface area contributed by atoms with Gasteiger partial charge in [-0.25, -0.2) is 9.69 Å². The summed E-state index contributed by atoms with van der Waals surface area (Å²) in [6.45, 7) is 2.29. The van der Waals surface area contributed by atoms with Crippen LogP contribution >= 0.6 is 0 Å². The number of furan rings is 1. The molecule has 0 bridgehead atoms. The third-order valence-electron chi connectivity index (χ3n) is 4.79. The van der Waals surface area contributed by atoms with Crippen LogP contribution in [0.1, 0.15) is 12.7 Å². The highest BCUT2D eigenvalue weighted by Crippen LogP contribution is 2.32. The molecular formula is C23H17N3O7. The van der Waals surface area contributed by atoms with Gasteiger partial charge < -0.3 is 9.15 Å². The average Bonchev–Trinajstić information content (AvgIpc) is 3.26. The summed E-state index contributed by atoms with van der Waals surface area (Å²) in [5, 5.41) is 13.4. The first kappa shape index (κ1) is 21.5. The maximum absolute atomic E-state index is 13.0. The Morgan fingerprint density at radius 3 is 2.48 bits per heavy atom. The van der Waals surface area contributed by atoms with Crippen LogP contribution in [-0.4, -0.2) is 29.4 Å². The normalized spacial score (nSPS) is 15.0. The summed E-state index contributed by atoms with van der Waals surface area (Å²) in [7, 11) is 0. The summed E-state index contributed by atoms with van der Waals surface area (Å²) in [4.78, 5) is 49.3. The van der Waals surface area contributed by atoms with E-state index in [0.29, 0.717) is 12.4 Å². The minimum absolute atomic E-state index is 0.114. The lowest BCUT2D eigenvalue weighted by atomic mass is 10.1. The van der Waals surface area contributed by atoms with Gasteiger partial charge in [0.25, 0.3) is 17.5 Å². The first-order valence-corrected chi connectivity index (χ1v) is 9.87. The van der Waals surface area contributed by atoms with Gasteiger partial charge in [-0.05, 0) is 55.5 Å². The van der Waals surface area contributed by atoms with Crippen LogP contribution in [0, 0.1) is 10.1 Å². The summed E-state index contributed by atoms with van der Waals surface area (Å²) in [5.74, 6) is -0.844. The molecule has 0 spiro atoms. The number of ether oxygens (including phenoxy) is 1. The van der Waals surface area contributed by atoms with Gasteiger partial charge in [0, 0.05) is 6.07 Å². The maximum atomic E-state index is 13.0. The van der Waals surface area contributed by atoms with E-state index in [4.69, 9.17) is 9.15 Å². The molecule has 0 saturated carbocycles. The zero-order chi connectivity index (χ0) is 23.5. The molecular weight excluding hydrogens is 430 g/mol. The van der Waals surface area contributed by atoms with Gasteiger partial charge in [0.2, 0.25) is 0 Å². The van der Waals surface area contributed by atoms with Gasteiger partial charge in [0.15, 0.2) is 0 Å². The molecule has 33 heavy (non-hydrogen) atoms. The fraction of sp³-hybridized carbons (Fsp3) is 0.0870. The van der Waals surface area contributed by atoms with Crippen LogP contribution in [0.5, 0.6) is 5.75 Å². The Morgan fingerprint density at radius 1 is 1.06 bits per heavy atom. The van der Waals surface area contributed by atoms with Gasteiger partial charge >= 0.3 is 6.03 Å². The van der Waals surface area contributed by atoms with Crippen molar-refractivity contribution in [2.45, 2.75) is 6.92 Å². The maximum Gasteiger partial charge on any atom is 0.335 e. The molecule has 1 aliphatic rings. The molecule has 1 N–H and O–H groups in total. The third-order valence-corrected chi connectivity index (χ3v) is 4.79. The standard InChI is InChI=1S/C23H17N3O7/c1-2-32-15-9-7-14(8-10-15)25-22(28)18(21(27)24-23(25)29)13-16-11-12-20(33-16)17-5-3-4-6-19(17)26(30)31/h3-13H,2H2,1H3,(H,24,27,29)/b18-13+. The highest BCUT2D eigenvalue weighted by Gasteiger charge is 2.37. The van der Waals surface area contributed by atoms with E-state index in [1.807, 2.05) is 6.92 Å². The summed E-state index contributed by atoms with van der Waals surface area (Å²) in [6, 6.07) is 14.4. The first-order chi connectivity index (χ1) is 15.9. The molecule has 2 heterocycles. The van der Waals surface area contributed by atoms with E-state index in [2.05, 4.69) is 5.32 Å². The Bertz CT molecular complexity index is 1290. The van der Waals surface area contributed by atoms with Crippen LogP contribution in [-0.2, 0) is 9.59 Å². The molecule has 1 aromatic heterocycles. The number of urea groups is 1. The minimum Gasteiger partial charge on any atom is -0.494 e. The molecule has 0 atom stereocenters. The number of carbonyl (C=O) groups is 3. The molecule has 0 aliphatic carbocycles. The van der Waals surface area contributed by atoms with Crippen molar-refractivity contribution in [3.63, 3.8) is 0 Å². The number of barbiturate groups is 1. The number of amides is 4. The number of nitrogens with zero attached hydrogens (tertiary/aromatic N) is 2. The van der Waals surface area contributed by atoms with Crippen LogP contribution < -0.4 is 15.0 Å². The van der Waals surface area contributed by atoms with E-state index in [9.17, 15) is 24.5 Å². The van der Waals surface area contributed by atoms with Crippen molar-refractivity contribution in [1.82, 2.24) is 5.32 Å². The molecule has 1 saturated heterocycles. The second kappa shape index (κ2) is 8.79. The summed E-state index contributed by atoms with van der Waals surface area (Å²) in [5.41, 5.74) is 0.0221. The lowest BCUT2D eigenvalue weighted by Crippen LogP contribution is -2.54. The predicted octanol–water partition coefficient (Wildman–Crippen LogP) is 3.92. The number of para-hydroxylation sites is 1. The average molecular weight is 447 g/mol. The molecule has 10 heteroatoms. The Kier molecular flexibility index (Phi) is 5.73. The quantitative estimate of drug-likeness (QED) is 0.262. The van der Waals surface area contributed by atoms with Crippen LogP contribution in [0.2, 0.25) is 0 Å². The molecule has 10 nitrogen and oxygen atoms in total. The van der Waals surface area contributed by atoms with E-state index in [0.717, 1.165) is 4.90 Å². The number of hydrogen-bond acceptors (Lipinski definition) is 7. The van der Waals surface area contributed by atoms with Crippen molar-refractivity contribution in [2.75, 3.05) is 11.5 Å². The second-order valence-electron chi connectivity index (χ2n) is 6.86. The first-order valence-electron chi connectivity index (χ1n) is 9.87. The second-order valence-corrected chi connectivity index (χ2v) is 6.86. The molecule has 0 radical (unpaired) electrons. The Labute approximate surface area is 187 Å². The zero-order valence-electron chi connectivity index (χ0n) is 17.3. The Hall–Kier alpha value is -4.73. The molecule has 166 valence electrons. The van der Waals surface area contributed by atoms with Crippen LogP contribution in [0.4, 0.5) is 16.2 Å². The van der Waals surface area contributed by atoms with Crippen molar-refractivity contribution in [1.29, 1.82) is 0 Å². The van der Waals surface area contributed by atoms with Crippen molar-refractivity contribution in [2.24, 2.45) is 0 Å². The predicted molar refractivity (Wildman–Crippen MR) is 117 cm³/mol. The minimum atomic E-state index is -0.883. The van der Waals surface area contributed by atoms with Gasteiger partial charge in [0.05, 0.1) is 22.8 Å². The summed E-state index contributed by atoms with van der Waals surface area (Å²) >= 11 is 0. The third kappa shape index (κ3) is 4.22. The monoisotopic (exact) mass is 447 g/mol. The lowest BCUT2D eigenvalue weighted by Gasteiger charge is -2.26.